The summed E-state index contributed by atoms with van der Waals surface area (Å²) in [5, 5.41) is 11.9. The molecule has 0 amide bonds. The number of carbonyl (C=O) groups excluding carboxylic acids is 1. The van der Waals surface area contributed by atoms with Crippen LogP contribution in [0.25, 0.3) is 0 Å². The van der Waals surface area contributed by atoms with Crippen molar-refractivity contribution < 1.29 is 32.5 Å². The van der Waals surface area contributed by atoms with E-state index in [9.17, 15) is 18.8 Å². The average Bonchev–Trinajstić information content (AvgIpc) is 3.69. The lowest BCUT2D eigenvalue weighted by Crippen LogP contribution is -2.35. The van der Waals surface area contributed by atoms with Crippen molar-refractivity contribution in [2.45, 2.75) is 44.4 Å². The maximum atomic E-state index is 13.0. The number of ether oxygens (including phenoxy) is 3. The monoisotopic (exact) mass is 602 g/mol. The third-order valence-electron chi connectivity index (χ3n) is 6.03. The van der Waals surface area contributed by atoms with Crippen molar-refractivity contribution in [3.8, 4) is 11.5 Å². The molecule has 0 radical (unpaired) electrons. The fourth-order valence-electron chi connectivity index (χ4n) is 3.84. The molecule has 2 aromatic carbocycles. The lowest BCUT2D eigenvalue weighted by Gasteiger charge is -2.23. The van der Waals surface area contributed by atoms with Crippen LogP contribution in [0.2, 0.25) is 10.0 Å². The van der Waals surface area contributed by atoms with Gasteiger partial charge in [-0.15, -0.1) is 12.4 Å². The number of esters is 1. The standard InChI is InChI=1S/C27H26Cl2F2N2O5.ClH/c28-20-13-33(35)14-21(29)19(20)12-24(37-26(34)22(32)10-16-4-2-1-3-5-16)18-8-9-23(38-27(30)31)25(11-18)36-15-17-6-7-17;/h1-5,8-9,11,13-14,17,22,24,27H,6-7,10,12,15,32H2;1H/t22-,24+;/m1./s1. The van der Waals surface area contributed by atoms with Crippen LogP contribution in [0, 0.1) is 11.1 Å². The van der Waals surface area contributed by atoms with Crippen molar-refractivity contribution in [2.24, 2.45) is 11.7 Å². The van der Waals surface area contributed by atoms with E-state index in [1.165, 1.54) is 18.2 Å². The maximum Gasteiger partial charge on any atom is 0.387 e. The highest BCUT2D eigenvalue weighted by Crippen LogP contribution is 2.37. The molecule has 0 saturated heterocycles. The number of carbonyl (C=O) groups is 1. The van der Waals surface area contributed by atoms with E-state index in [4.69, 9.17) is 38.4 Å². The number of alkyl halides is 2. The third-order valence-corrected chi connectivity index (χ3v) is 6.69. The normalized spacial score (nSPS) is 14.3. The van der Waals surface area contributed by atoms with Gasteiger partial charge in [0.25, 0.3) is 0 Å². The molecule has 1 aliphatic rings. The Morgan fingerprint density at radius 2 is 1.72 bits per heavy atom. The summed E-state index contributed by atoms with van der Waals surface area (Å²) in [6.45, 7) is -2.70. The average molecular weight is 604 g/mol. The van der Waals surface area contributed by atoms with Gasteiger partial charge in [0.2, 0.25) is 0 Å². The Morgan fingerprint density at radius 3 is 2.33 bits per heavy atom. The van der Waals surface area contributed by atoms with E-state index in [0.29, 0.717) is 28.4 Å². The number of aromatic nitrogens is 1. The highest BCUT2D eigenvalue weighted by atomic mass is 35.5. The first-order valence-electron chi connectivity index (χ1n) is 12.0. The van der Waals surface area contributed by atoms with Gasteiger partial charge in [0.15, 0.2) is 23.9 Å². The Balaban J connectivity index is 0.00000420. The first-order valence-corrected chi connectivity index (χ1v) is 12.7. The van der Waals surface area contributed by atoms with Gasteiger partial charge in [-0.3, -0.25) is 4.79 Å². The van der Waals surface area contributed by atoms with Crippen LogP contribution in [0.3, 0.4) is 0 Å². The minimum absolute atomic E-state index is 0. The van der Waals surface area contributed by atoms with Gasteiger partial charge in [0.1, 0.15) is 22.2 Å². The van der Waals surface area contributed by atoms with E-state index in [-0.39, 0.29) is 46.8 Å². The molecule has 0 unspecified atom stereocenters. The van der Waals surface area contributed by atoms with E-state index >= 15 is 0 Å². The van der Waals surface area contributed by atoms with Crippen LogP contribution < -0.4 is 19.9 Å². The molecule has 4 rings (SSSR count). The van der Waals surface area contributed by atoms with Gasteiger partial charge in [0, 0.05) is 12.0 Å². The summed E-state index contributed by atoms with van der Waals surface area (Å²) in [5.74, 6) is -0.386. The van der Waals surface area contributed by atoms with Crippen LogP contribution in [0.1, 0.15) is 35.6 Å². The highest BCUT2D eigenvalue weighted by molar-refractivity contribution is 6.35. The lowest BCUT2D eigenvalue weighted by atomic mass is 10.0. The molecule has 1 heterocycles. The zero-order valence-corrected chi connectivity index (χ0v) is 22.9. The molecular formula is C27H27Cl3F2N2O5. The Morgan fingerprint density at radius 1 is 1.05 bits per heavy atom. The van der Waals surface area contributed by atoms with Crippen LogP contribution in [0.15, 0.2) is 60.9 Å². The predicted molar refractivity (Wildman–Crippen MR) is 145 cm³/mol. The number of halogens is 5. The Bertz CT molecular complexity index is 1240. The van der Waals surface area contributed by atoms with E-state index in [0.717, 1.165) is 30.8 Å². The Kier molecular flexibility index (Phi) is 11.0. The fourth-order valence-corrected chi connectivity index (χ4v) is 4.44. The summed E-state index contributed by atoms with van der Waals surface area (Å²) in [6, 6.07) is 12.5. The first-order chi connectivity index (χ1) is 18.2. The van der Waals surface area contributed by atoms with E-state index in [1.54, 1.807) is 0 Å². The molecule has 210 valence electrons. The van der Waals surface area contributed by atoms with Crippen molar-refractivity contribution in [2.75, 3.05) is 6.61 Å². The van der Waals surface area contributed by atoms with Crippen molar-refractivity contribution >= 4 is 41.6 Å². The van der Waals surface area contributed by atoms with Crippen molar-refractivity contribution in [3.63, 3.8) is 0 Å². The fraction of sp³-hybridized carbons (Fsp3) is 0.333. The number of rotatable bonds is 12. The summed E-state index contributed by atoms with van der Waals surface area (Å²) in [6.07, 6.45) is 3.50. The molecule has 3 aromatic rings. The molecule has 7 nitrogen and oxygen atoms in total. The number of nitrogens with two attached hydrogens (primary N) is 1. The molecular weight excluding hydrogens is 577 g/mol. The van der Waals surface area contributed by atoms with Crippen molar-refractivity contribution in [1.29, 1.82) is 0 Å². The second kappa shape index (κ2) is 14.0. The van der Waals surface area contributed by atoms with E-state index < -0.39 is 24.7 Å². The number of hydrogen-bond donors (Lipinski definition) is 1. The van der Waals surface area contributed by atoms with Gasteiger partial charge in [-0.25, -0.2) is 0 Å². The topological polar surface area (TPSA) is 97.7 Å². The van der Waals surface area contributed by atoms with Crippen molar-refractivity contribution in [1.82, 2.24) is 0 Å². The van der Waals surface area contributed by atoms with Gasteiger partial charge in [-0.2, -0.15) is 13.5 Å². The zero-order valence-electron chi connectivity index (χ0n) is 20.6. The minimum atomic E-state index is -3.05. The van der Waals surface area contributed by atoms with E-state index in [2.05, 4.69) is 4.74 Å². The molecule has 1 aliphatic carbocycles. The first kappa shape index (κ1) is 30.7. The van der Waals surface area contributed by atoms with E-state index in [1.807, 2.05) is 30.3 Å². The zero-order chi connectivity index (χ0) is 27.2. The van der Waals surface area contributed by atoms with Crippen LogP contribution >= 0.6 is 35.6 Å². The molecule has 1 saturated carbocycles. The highest BCUT2D eigenvalue weighted by Gasteiger charge is 2.28. The Labute approximate surface area is 240 Å². The van der Waals surface area contributed by atoms with Gasteiger partial charge < -0.3 is 25.2 Å². The molecule has 2 atom stereocenters. The molecule has 0 aliphatic heterocycles. The third kappa shape index (κ3) is 8.83. The molecule has 0 bridgehead atoms. The second-order valence-corrected chi connectivity index (χ2v) is 9.87. The number of benzene rings is 2. The van der Waals surface area contributed by atoms with Crippen LogP contribution in [-0.4, -0.2) is 25.2 Å². The summed E-state index contributed by atoms with van der Waals surface area (Å²) in [5.41, 5.74) is 7.78. The smallest absolute Gasteiger partial charge is 0.387 e. The number of nitrogens with zero attached hydrogens (tertiary/aromatic N) is 1. The summed E-state index contributed by atoms with van der Waals surface area (Å²) >= 11 is 12.6. The second-order valence-electron chi connectivity index (χ2n) is 9.06. The lowest BCUT2D eigenvalue weighted by molar-refractivity contribution is -0.605. The van der Waals surface area contributed by atoms with Gasteiger partial charge >= 0.3 is 12.6 Å². The minimum Gasteiger partial charge on any atom is -0.619 e. The summed E-state index contributed by atoms with van der Waals surface area (Å²) in [4.78, 5) is 13.0. The van der Waals surface area contributed by atoms with Crippen molar-refractivity contribution in [3.05, 3.63) is 92.9 Å². The van der Waals surface area contributed by atoms with Gasteiger partial charge in [-0.05, 0) is 48.4 Å². The molecule has 1 aromatic heterocycles. The molecule has 2 N–H and O–H groups in total. The predicted octanol–water partition coefficient (Wildman–Crippen LogP) is 5.84. The molecule has 39 heavy (non-hydrogen) atoms. The van der Waals surface area contributed by atoms with Crippen LogP contribution in [0.4, 0.5) is 8.78 Å². The summed E-state index contributed by atoms with van der Waals surface area (Å²) in [7, 11) is 0. The summed E-state index contributed by atoms with van der Waals surface area (Å²) < 4.78 is 42.7. The SMILES string of the molecule is Cl.N[C@H](Cc1ccccc1)C(=O)O[C@@H](Cc1c(Cl)c[n+]([O-])cc1Cl)c1ccc(OC(F)F)c(OCC2CC2)c1. The number of hydrogen-bond acceptors (Lipinski definition) is 6. The van der Waals surface area contributed by atoms with Gasteiger partial charge in [0.05, 0.1) is 6.61 Å². The quantitative estimate of drug-likeness (QED) is 0.159. The maximum absolute atomic E-state index is 13.0. The number of pyridine rings is 1. The molecule has 1 fully saturated rings. The van der Waals surface area contributed by atoms with Gasteiger partial charge in [-0.1, -0.05) is 59.6 Å². The molecule has 0 spiro atoms. The van der Waals surface area contributed by atoms with Crippen LogP contribution in [0.5, 0.6) is 11.5 Å². The largest absolute Gasteiger partial charge is 0.619 e. The molecule has 12 heteroatoms. The Hall–Kier alpha value is -2.85. The van der Waals surface area contributed by atoms with Crippen LogP contribution in [-0.2, 0) is 22.4 Å².